The Morgan fingerprint density at radius 2 is 1.87 bits per heavy atom. The van der Waals surface area contributed by atoms with Crippen LogP contribution in [0.1, 0.15) is 43.5 Å². The van der Waals surface area contributed by atoms with E-state index in [2.05, 4.69) is 15.1 Å². The minimum atomic E-state index is -3.15. The normalized spacial score (nSPS) is 22.0. The Hall–Kier alpha value is -1.41. The lowest BCUT2D eigenvalue weighted by atomic mass is 9.92. The number of hydrogen-bond acceptors (Lipinski definition) is 4. The Balaban J connectivity index is 1.71. The first-order valence-electron chi connectivity index (χ1n) is 8.00. The Morgan fingerprint density at radius 3 is 2.39 bits per heavy atom. The number of nitrogens with zero attached hydrogens (tertiary/aromatic N) is 2. The van der Waals surface area contributed by atoms with Crippen molar-refractivity contribution < 1.29 is 13.2 Å². The number of hydrogen-bond donors (Lipinski definition) is 2. The molecule has 23 heavy (non-hydrogen) atoms. The highest BCUT2D eigenvalue weighted by Gasteiger charge is 2.24. The van der Waals surface area contributed by atoms with E-state index in [9.17, 15) is 13.2 Å². The molecule has 1 aromatic heterocycles. The Labute approximate surface area is 137 Å². The number of aryl methyl sites for hydroxylation is 3. The van der Waals surface area contributed by atoms with E-state index in [1.165, 1.54) is 6.26 Å². The van der Waals surface area contributed by atoms with E-state index >= 15 is 0 Å². The van der Waals surface area contributed by atoms with Crippen LogP contribution in [0.15, 0.2) is 6.07 Å². The third kappa shape index (κ3) is 5.95. The largest absolute Gasteiger partial charge is 0.353 e. The molecule has 1 aliphatic carbocycles. The van der Waals surface area contributed by atoms with Crippen LogP contribution in [0.25, 0.3) is 0 Å². The van der Waals surface area contributed by atoms with Gasteiger partial charge in [-0.25, -0.2) is 13.1 Å². The summed E-state index contributed by atoms with van der Waals surface area (Å²) in [5.74, 6) is 0.0251. The molecule has 1 amide bonds. The molecule has 7 nitrogen and oxygen atoms in total. The van der Waals surface area contributed by atoms with Gasteiger partial charge >= 0.3 is 0 Å². The topological polar surface area (TPSA) is 93.1 Å². The minimum Gasteiger partial charge on any atom is -0.353 e. The van der Waals surface area contributed by atoms with Crippen LogP contribution >= 0.6 is 0 Å². The quantitative estimate of drug-likeness (QED) is 0.802. The third-order valence-corrected chi connectivity index (χ3v) is 4.89. The predicted molar refractivity (Wildman–Crippen MR) is 88.5 cm³/mol. The van der Waals surface area contributed by atoms with Crippen LogP contribution in [0.3, 0.4) is 0 Å². The summed E-state index contributed by atoms with van der Waals surface area (Å²) in [7, 11) is -3.15. The first-order valence-corrected chi connectivity index (χ1v) is 9.90. The molecule has 1 aromatic rings. The van der Waals surface area contributed by atoms with E-state index in [0.717, 1.165) is 37.1 Å². The monoisotopic (exact) mass is 342 g/mol. The number of nitrogens with one attached hydrogen (secondary N) is 2. The standard InChI is InChI=1S/C15H26N4O3S/c1-11-10-12(2)19(17-11)9-8-15(20)16-13-4-6-14(7-5-13)18-23(3,21)22/h10,13-14,18H,4-9H2,1-3H3,(H,16,20). The highest BCUT2D eigenvalue weighted by atomic mass is 32.2. The molecule has 0 radical (unpaired) electrons. The van der Waals surface area contributed by atoms with Gasteiger partial charge in [0.15, 0.2) is 0 Å². The fourth-order valence-electron chi connectivity index (χ4n) is 3.07. The lowest BCUT2D eigenvalue weighted by Crippen LogP contribution is -2.43. The van der Waals surface area contributed by atoms with Crippen LogP contribution < -0.4 is 10.0 Å². The van der Waals surface area contributed by atoms with Crippen LogP contribution in [-0.2, 0) is 21.4 Å². The van der Waals surface area contributed by atoms with E-state index in [1.807, 2.05) is 24.6 Å². The smallest absolute Gasteiger partial charge is 0.222 e. The maximum atomic E-state index is 12.0. The first-order chi connectivity index (χ1) is 10.7. The summed E-state index contributed by atoms with van der Waals surface area (Å²) in [5.41, 5.74) is 2.02. The second kappa shape index (κ2) is 7.44. The Kier molecular flexibility index (Phi) is 5.80. The molecule has 1 saturated carbocycles. The molecule has 0 spiro atoms. The summed E-state index contributed by atoms with van der Waals surface area (Å²) in [6.07, 6.45) is 4.71. The number of aromatic nitrogens is 2. The van der Waals surface area contributed by atoms with Crippen molar-refractivity contribution in [3.63, 3.8) is 0 Å². The van der Waals surface area contributed by atoms with Gasteiger partial charge in [-0.05, 0) is 45.6 Å². The summed E-state index contributed by atoms with van der Waals surface area (Å²) in [6.45, 7) is 4.50. The number of carbonyl (C=O) groups excluding carboxylic acids is 1. The summed E-state index contributed by atoms with van der Waals surface area (Å²) >= 11 is 0. The highest BCUT2D eigenvalue weighted by Crippen LogP contribution is 2.19. The zero-order valence-electron chi connectivity index (χ0n) is 14.0. The number of rotatable bonds is 6. The zero-order valence-corrected chi connectivity index (χ0v) is 14.8. The average molecular weight is 342 g/mol. The molecule has 1 heterocycles. The lowest BCUT2D eigenvalue weighted by molar-refractivity contribution is -0.122. The fraction of sp³-hybridized carbons (Fsp3) is 0.733. The average Bonchev–Trinajstić information content (AvgIpc) is 2.75. The Bertz CT molecular complexity index is 646. The molecule has 1 fully saturated rings. The summed E-state index contributed by atoms with van der Waals surface area (Å²) in [6, 6.07) is 2.13. The second-order valence-electron chi connectivity index (χ2n) is 6.41. The van der Waals surface area contributed by atoms with Gasteiger partial charge < -0.3 is 5.32 Å². The van der Waals surface area contributed by atoms with Crippen molar-refractivity contribution in [2.45, 2.75) is 64.6 Å². The molecule has 2 N–H and O–H groups in total. The van der Waals surface area contributed by atoms with Gasteiger partial charge in [0.05, 0.1) is 11.9 Å². The van der Waals surface area contributed by atoms with Gasteiger partial charge in [-0.3, -0.25) is 9.48 Å². The van der Waals surface area contributed by atoms with Crippen molar-refractivity contribution in [1.82, 2.24) is 19.8 Å². The predicted octanol–water partition coefficient (Wildman–Crippen LogP) is 0.867. The zero-order chi connectivity index (χ0) is 17.0. The Morgan fingerprint density at radius 1 is 1.26 bits per heavy atom. The van der Waals surface area contributed by atoms with Crippen LogP contribution in [0.2, 0.25) is 0 Å². The first kappa shape index (κ1) is 17.9. The maximum absolute atomic E-state index is 12.0. The van der Waals surface area contributed by atoms with Crippen molar-refractivity contribution in [2.24, 2.45) is 0 Å². The van der Waals surface area contributed by atoms with Gasteiger partial charge in [-0.1, -0.05) is 0 Å². The summed E-state index contributed by atoms with van der Waals surface area (Å²) in [5, 5.41) is 7.39. The minimum absolute atomic E-state index is 0.00662. The van der Waals surface area contributed by atoms with Gasteiger partial charge in [0.1, 0.15) is 0 Å². The van der Waals surface area contributed by atoms with Gasteiger partial charge in [0.2, 0.25) is 15.9 Å². The molecule has 0 atom stereocenters. The van der Waals surface area contributed by atoms with E-state index in [-0.39, 0.29) is 18.0 Å². The maximum Gasteiger partial charge on any atom is 0.222 e. The highest BCUT2D eigenvalue weighted by molar-refractivity contribution is 7.88. The molecule has 0 unspecified atom stereocenters. The van der Waals surface area contributed by atoms with Gasteiger partial charge in [-0.2, -0.15) is 5.10 Å². The van der Waals surface area contributed by atoms with Crippen LogP contribution in [0.5, 0.6) is 0 Å². The molecule has 130 valence electrons. The van der Waals surface area contributed by atoms with E-state index in [4.69, 9.17) is 0 Å². The second-order valence-corrected chi connectivity index (χ2v) is 8.19. The molecule has 0 aliphatic heterocycles. The van der Waals surface area contributed by atoms with Crippen LogP contribution in [-0.4, -0.2) is 42.4 Å². The SMILES string of the molecule is Cc1cc(C)n(CCC(=O)NC2CCC(NS(C)(=O)=O)CC2)n1. The van der Waals surface area contributed by atoms with E-state index < -0.39 is 10.0 Å². The van der Waals surface area contributed by atoms with Gasteiger partial charge in [0.25, 0.3) is 0 Å². The lowest BCUT2D eigenvalue weighted by Gasteiger charge is -2.29. The van der Waals surface area contributed by atoms with E-state index in [1.54, 1.807) is 0 Å². The fourth-order valence-corrected chi connectivity index (χ4v) is 3.91. The molecule has 1 aliphatic rings. The van der Waals surface area contributed by atoms with E-state index in [0.29, 0.717) is 13.0 Å². The molecule has 0 saturated heterocycles. The number of amides is 1. The molecule has 8 heteroatoms. The molecular formula is C15H26N4O3S. The van der Waals surface area contributed by atoms with Crippen molar-refractivity contribution in [2.75, 3.05) is 6.26 Å². The molecule has 2 rings (SSSR count). The molecular weight excluding hydrogens is 316 g/mol. The third-order valence-electron chi connectivity index (χ3n) is 4.13. The number of carbonyl (C=O) groups is 1. The number of sulfonamides is 1. The van der Waals surface area contributed by atoms with Crippen molar-refractivity contribution >= 4 is 15.9 Å². The van der Waals surface area contributed by atoms with Crippen molar-refractivity contribution in [3.05, 3.63) is 17.5 Å². The van der Waals surface area contributed by atoms with Crippen molar-refractivity contribution in [1.29, 1.82) is 0 Å². The molecule has 0 bridgehead atoms. The van der Waals surface area contributed by atoms with Gasteiger partial charge in [-0.15, -0.1) is 0 Å². The summed E-state index contributed by atoms with van der Waals surface area (Å²) in [4.78, 5) is 12.0. The van der Waals surface area contributed by atoms with Gasteiger partial charge in [0, 0.05) is 30.7 Å². The van der Waals surface area contributed by atoms with Crippen molar-refractivity contribution in [3.8, 4) is 0 Å². The van der Waals surface area contributed by atoms with Crippen LogP contribution in [0, 0.1) is 13.8 Å². The summed E-state index contributed by atoms with van der Waals surface area (Å²) < 4.78 is 26.9. The van der Waals surface area contributed by atoms with Crippen LogP contribution in [0.4, 0.5) is 0 Å². The molecule has 0 aromatic carbocycles.